The number of rotatable bonds is 6. The van der Waals surface area contributed by atoms with E-state index in [2.05, 4.69) is 79.0 Å². The van der Waals surface area contributed by atoms with Crippen LogP contribution in [0.2, 0.25) is 0 Å². The molecule has 2 aliphatic heterocycles. The molecule has 30 heavy (non-hydrogen) atoms. The maximum absolute atomic E-state index is 2.97. The van der Waals surface area contributed by atoms with Gasteiger partial charge in [-0.25, -0.2) is 0 Å². The summed E-state index contributed by atoms with van der Waals surface area (Å²) in [6.07, 6.45) is 11.3. The third kappa shape index (κ3) is 4.95. The Morgan fingerprint density at radius 2 is 1.50 bits per heavy atom. The van der Waals surface area contributed by atoms with Crippen LogP contribution in [-0.4, -0.2) is 46.1 Å². The van der Waals surface area contributed by atoms with E-state index in [1.54, 1.807) is 0 Å². The van der Waals surface area contributed by atoms with E-state index in [9.17, 15) is 0 Å². The zero-order valence-corrected chi connectivity index (χ0v) is 22.2. The van der Waals surface area contributed by atoms with Gasteiger partial charge < -0.3 is 0 Å². The van der Waals surface area contributed by atoms with Crippen molar-refractivity contribution in [1.82, 2.24) is 9.80 Å². The van der Waals surface area contributed by atoms with Crippen molar-refractivity contribution in [3.63, 3.8) is 0 Å². The number of fused-ring (bicyclic) bond motifs is 1. The van der Waals surface area contributed by atoms with E-state index in [-0.39, 0.29) is 0 Å². The van der Waals surface area contributed by atoms with Crippen molar-refractivity contribution in [1.29, 1.82) is 0 Å². The van der Waals surface area contributed by atoms with Crippen molar-refractivity contribution in [2.24, 2.45) is 22.7 Å². The first kappa shape index (κ1) is 24.6. The summed E-state index contributed by atoms with van der Waals surface area (Å²) in [5, 5.41) is 0. The van der Waals surface area contributed by atoms with Crippen molar-refractivity contribution in [2.45, 2.75) is 150 Å². The molecule has 6 atom stereocenters. The van der Waals surface area contributed by atoms with Crippen molar-refractivity contribution in [3.8, 4) is 0 Å². The van der Waals surface area contributed by atoms with Crippen LogP contribution in [-0.2, 0) is 0 Å². The van der Waals surface area contributed by atoms with E-state index in [0.29, 0.717) is 22.4 Å². The summed E-state index contributed by atoms with van der Waals surface area (Å²) in [4.78, 5) is 5.83. The highest BCUT2D eigenvalue weighted by molar-refractivity contribution is 5.06. The number of nitrogens with zero attached hydrogens (tertiary/aromatic N) is 2. The molecule has 0 bridgehead atoms. The van der Waals surface area contributed by atoms with Crippen LogP contribution in [0.3, 0.4) is 0 Å². The zero-order chi connectivity index (χ0) is 22.5. The Morgan fingerprint density at radius 1 is 0.833 bits per heavy atom. The van der Waals surface area contributed by atoms with Gasteiger partial charge in [-0.2, -0.15) is 0 Å². The third-order valence-corrected chi connectivity index (χ3v) is 9.40. The Morgan fingerprint density at radius 3 is 2.10 bits per heavy atom. The van der Waals surface area contributed by atoms with Gasteiger partial charge in [0.05, 0.1) is 0 Å². The molecule has 0 amide bonds. The molecule has 6 unspecified atom stereocenters. The van der Waals surface area contributed by atoms with Gasteiger partial charge in [0.2, 0.25) is 0 Å². The average molecular weight is 419 g/mol. The molecule has 2 nitrogen and oxygen atoms in total. The molecule has 1 saturated carbocycles. The summed E-state index contributed by atoms with van der Waals surface area (Å²) in [7, 11) is 0. The van der Waals surface area contributed by atoms with Crippen molar-refractivity contribution < 1.29 is 0 Å². The van der Waals surface area contributed by atoms with E-state index < -0.39 is 0 Å². The molecule has 0 aromatic heterocycles. The minimum Gasteiger partial charge on any atom is -0.297 e. The SMILES string of the molecule is CC(CCC(C)(C)C1CC2CCCC2N1C(C)(C)C)C(C)N1CCCC1C(C)(C)C. The zero-order valence-electron chi connectivity index (χ0n) is 22.2. The van der Waals surface area contributed by atoms with Gasteiger partial charge in [0.15, 0.2) is 0 Å². The van der Waals surface area contributed by atoms with Gasteiger partial charge in [0.1, 0.15) is 0 Å². The predicted octanol–water partition coefficient (Wildman–Crippen LogP) is 7.37. The summed E-state index contributed by atoms with van der Waals surface area (Å²) < 4.78 is 0. The lowest BCUT2D eigenvalue weighted by Gasteiger charge is -2.48. The molecule has 3 aliphatic rings. The van der Waals surface area contributed by atoms with Crippen LogP contribution in [0.5, 0.6) is 0 Å². The number of likely N-dealkylation sites (tertiary alicyclic amines) is 2. The van der Waals surface area contributed by atoms with E-state index in [4.69, 9.17) is 0 Å². The van der Waals surface area contributed by atoms with Gasteiger partial charge in [-0.05, 0) is 102 Å². The normalized spacial score (nSPS) is 33.8. The Hall–Kier alpha value is -0.0800. The molecule has 1 aliphatic carbocycles. The minimum absolute atomic E-state index is 0.292. The summed E-state index contributed by atoms with van der Waals surface area (Å²) in [6, 6.07) is 3.06. The molecule has 3 rings (SSSR count). The topological polar surface area (TPSA) is 6.48 Å². The second kappa shape index (κ2) is 8.69. The first-order valence-corrected chi connectivity index (χ1v) is 13.3. The summed E-state index contributed by atoms with van der Waals surface area (Å²) in [6.45, 7) is 26.2. The lowest BCUT2D eigenvalue weighted by atomic mass is 9.75. The molecule has 2 heteroatoms. The number of hydrogen-bond acceptors (Lipinski definition) is 2. The third-order valence-electron chi connectivity index (χ3n) is 9.40. The van der Waals surface area contributed by atoms with Gasteiger partial charge in [0, 0.05) is 29.7 Å². The fourth-order valence-electron chi connectivity index (χ4n) is 7.49. The van der Waals surface area contributed by atoms with Gasteiger partial charge in [-0.1, -0.05) is 48.0 Å². The van der Waals surface area contributed by atoms with Crippen LogP contribution in [0.4, 0.5) is 0 Å². The summed E-state index contributed by atoms with van der Waals surface area (Å²) in [5.74, 6) is 1.73. The van der Waals surface area contributed by atoms with Crippen LogP contribution >= 0.6 is 0 Å². The molecule has 2 heterocycles. The standard InChI is InChI=1S/C28H54N2/c1-20(21(2)29-18-12-15-24(29)26(3,4)5)16-17-28(9,10)25-19-22-13-11-14-23(22)30(25)27(6,7)8/h20-25H,11-19H2,1-10H3. The maximum Gasteiger partial charge on any atom is 0.0158 e. The summed E-state index contributed by atoms with van der Waals surface area (Å²) in [5.41, 5.74) is 1.10. The predicted molar refractivity (Wildman–Crippen MR) is 132 cm³/mol. The molecule has 0 radical (unpaired) electrons. The van der Waals surface area contributed by atoms with E-state index in [0.717, 1.165) is 30.0 Å². The Kier molecular flexibility index (Phi) is 7.12. The molecule has 0 aromatic carbocycles. The molecule has 0 spiro atoms. The smallest absolute Gasteiger partial charge is 0.0158 e. The highest BCUT2D eigenvalue weighted by Gasteiger charge is 2.52. The van der Waals surface area contributed by atoms with E-state index in [1.165, 1.54) is 57.9 Å². The highest BCUT2D eigenvalue weighted by atomic mass is 15.3. The van der Waals surface area contributed by atoms with Crippen LogP contribution in [0.1, 0.15) is 121 Å². The minimum atomic E-state index is 0.292. The highest BCUT2D eigenvalue weighted by Crippen LogP contribution is 2.51. The largest absolute Gasteiger partial charge is 0.297 e. The van der Waals surface area contributed by atoms with Crippen LogP contribution < -0.4 is 0 Å². The summed E-state index contributed by atoms with van der Waals surface area (Å²) >= 11 is 0. The molecular weight excluding hydrogens is 364 g/mol. The Bertz CT molecular complexity index is 566. The quantitative estimate of drug-likeness (QED) is 0.444. The maximum atomic E-state index is 2.97. The molecular formula is C28H54N2. The monoisotopic (exact) mass is 418 g/mol. The molecule has 3 fully saturated rings. The lowest BCUT2D eigenvalue weighted by Crippen LogP contribution is -2.53. The fourth-order valence-corrected chi connectivity index (χ4v) is 7.49. The number of hydrogen-bond donors (Lipinski definition) is 0. The van der Waals surface area contributed by atoms with E-state index >= 15 is 0 Å². The van der Waals surface area contributed by atoms with Crippen LogP contribution in [0.15, 0.2) is 0 Å². The molecule has 176 valence electrons. The van der Waals surface area contributed by atoms with Gasteiger partial charge in [-0.15, -0.1) is 0 Å². The van der Waals surface area contributed by atoms with Gasteiger partial charge in [0.25, 0.3) is 0 Å². The van der Waals surface area contributed by atoms with E-state index in [1.807, 2.05) is 0 Å². The molecule has 0 aromatic rings. The lowest BCUT2D eigenvalue weighted by molar-refractivity contribution is 0.00846. The van der Waals surface area contributed by atoms with Crippen LogP contribution in [0.25, 0.3) is 0 Å². The Labute approximate surface area is 189 Å². The van der Waals surface area contributed by atoms with Crippen molar-refractivity contribution >= 4 is 0 Å². The first-order valence-electron chi connectivity index (χ1n) is 13.3. The van der Waals surface area contributed by atoms with Gasteiger partial charge >= 0.3 is 0 Å². The first-order chi connectivity index (χ1) is 13.7. The Balaban J connectivity index is 1.64. The van der Waals surface area contributed by atoms with Crippen molar-refractivity contribution in [3.05, 3.63) is 0 Å². The molecule has 2 saturated heterocycles. The fraction of sp³-hybridized carbons (Fsp3) is 1.00. The van der Waals surface area contributed by atoms with Crippen LogP contribution in [0, 0.1) is 22.7 Å². The second-order valence-corrected chi connectivity index (χ2v) is 14.1. The second-order valence-electron chi connectivity index (χ2n) is 14.1. The average Bonchev–Trinajstić information content (AvgIpc) is 3.31. The van der Waals surface area contributed by atoms with Crippen molar-refractivity contribution in [2.75, 3.05) is 6.54 Å². The van der Waals surface area contributed by atoms with Gasteiger partial charge in [-0.3, -0.25) is 9.80 Å². The molecule has 0 N–H and O–H groups in total.